The van der Waals surface area contributed by atoms with Crippen LogP contribution in [-0.4, -0.2) is 0 Å². The Kier molecular flexibility index (Phi) is 4.37. The number of benzene rings is 2. The summed E-state index contributed by atoms with van der Waals surface area (Å²) in [4.78, 5) is 0. The van der Waals surface area contributed by atoms with Gasteiger partial charge in [0.05, 0.1) is 4.47 Å². The van der Waals surface area contributed by atoms with E-state index in [0.717, 1.165) is 18.2 Å². The molecule has 0 aliphatic heterocycles. The molecule has 0 spiro atoms. The standard InChI is InChI=1S/C13H7BrClF3O/c14-9-5-8(1-2-10(9)16)19-13-11(17)3-7(6-15)4-12(13)18/h1-5H,6H2. The fourth-order valence-corrected chi connectivity index (χ4v) is 1.96. The van der Waals surface area contributed by atoms with E-state index < -0.39 is 23.2 Å². The van der Waals surface area contributed by atoms with Gasteiger partial charge in [-0.05, 0) is 51.8 Å². The van der Waals surface area contributed by atoms with Gasteiger partial charge in [0.25, 0.3) is 0 Å². The van der Waals surface area contributed by atoms with Crippen molar-refractivity contribution in [1.82, 2.24) is 0 Å². The van der Waals surface area contributed by atoms with Crippen LogP contribution in [0.15, 0.2) is 34.8 Å². The summed E-state index contributed by atoms with van der Waals surface area (Å²) in [6.45, 7) is 0. The van der Waals surface area contributed by atoms with E-state index in [1.807, 2.05) is 0 Å². The molecular formula is C13H7BrClF3O. The normalized spacial score (nSPS) is 10.6. The average Bonchev–Trinajstić information content (AvgIpc) is 2.37. The minimum atomic E-state index is -0.865. The van der Waals surface area contributed by atoms with Crippen LogP contribution in [0.4, 0.5) is 13.2 Å². The first kappa shape index (κ1) is 14.2. The Bertz CT molecular complexity index is 596. The highest BCUT2D eigenvalue weighted by Gasteiger charge is 2.14. The fourth-order valence-electron chi connectivity index (χ4n) is 1.45. The predicted molar refractivity (Wildman–Crippen MR) is 70.1 cm³/mol. The van der Waals surface area contributed by atoms with Crippen LogP contribution in [0, 0.1) is 17.5 Å². The van der Waals surface area contributed by atoms with Crippen molar-refractivity contribution in [1.29, 1.82) is 0 Å². The summed E-state index contributed by atoms with van der Waals surface area (Å²) in [5, 5.41) is 0. The number of hydrogen-bond donors (Lipinski definition) is 0. The monoisotopic (exact) mass is 350 g/mol. The third-order valence-corrected chi connectivity index (χ3v) is 3.24. The van der Waals surface area contributed by atoms with Gasteiger partial charge in [-0.15, -0.1) is 11.6 Å². The van der Waals surface area contributed by atoms with Crippen molar-refractivity contribution in [3.8, 4) is 11.5 Å². The van der Waals surface area contributed by atoms with Gasteiger partial charge in [0.15, 0.2) is 17.4 Å². The lowest BCUT2D eigenvalue weighted by atomic mass is 10.2. The zero-order chi connectivity index (χ0) is 14.0. The van der Waals surface area contributed by atoms with Crippen LogP contribution >= 0.6 is 27.5 Å². The van der Waals surface area contributed by atoms with Crippen molar-refractivity contribution >= 4 is 27.5 Å². The third-order valence-electron chi connectivity index (χ3n) is 2.32. The van der Waals surface area contributed by atoms with Gasteiger partial charge >= 0.3 is 0 Å². The van der Waals surface area contributed by atoms with Crippen LogP contribution in [0.25, 0.3) is 0 Å². The van der Waals surface area contributed by atoms with E-state index in [1.54, 1.807) is 0 Å². The highest BCUT2D eigenvalue weighted by Crippen LogP contribution is 2.31. The molecule has 0 saturated heterocycles. The van der Waals surface area contributed by atoms with Crippen LogP contribution in [0.1, 0.15) is 5.56 Å². The van der Waals surface area contributed by atoms with Crippen LogP contribution in [-0.2, 0) is 5.88 Å². The van der Waals surface area contributed by atoms with Gasteiger partial charge < -0.3 is 4.74 Å². The van der Waals surface area contributed by atoms with Gasteiger partial charge in [-0.2, -0.15) is 0 Å². The molecule has 0 heterocycles. The van der Waals surface area contributed by atoms with E-state index in [0.29, 0.717) is 5.56 Å². The minimum Gasteiger partial charge on any atom is -0.451 e. The molecule has 19 heavy (non-hydrogen) atoms. The van der Waals surface area contributed by atoms with E-state index in [4.69, 9.17) is 16.3 Å². The summed E-state index contributed by atoms with van der Waals surface area (Å²) in [5.74, 6) is -2.66. The molecule has 0 aliphatic rings. The van der Waals surface area contributed by atoms with Crippen molar-refractivity contribution < 1.29 is 17.9 Å². The van der Waals surface area contributed by atoms with E-state index >= 15 is 0 Å². The largest absolute Gasteiger partial charge is 0.451 e. The molecule has 0 atom stereocenters. The number of alkyl halides is 1. The Morgan fingerprint density at radius 1 is 1.00 bits per heavy atom. The first-order valence-electron chi connectivity index (χ1n) is 5.18. The maximum absolute atomic E-state index is 13.7. The molecule has 100 valence electrons. The van der Waals surface area contributed by atoms with Crippen molar-refractivity contribution in [2.45, 2.75) is 5.88 Å². The van der Waals surface area contributed by atoms with Gasteiger partial charge in [0.2, 0.25) is 0 Å². The third kappa shape index (κ3) is 3.22. The van der Waals surface area contributed by atoms with E-state index in [9.17, 15) is 13.2 Å². The molecule has 0 amide bonds. The Morgan fingerprint density at radius 2 is 1.63 bits per heavy atom. The zero-order valence-corrected chi connectivity index (χ0v) is 11.7. The Labute approximate surface area is 121 Å². The molecular weight excluding hydrogens is 344 g/mol. The molecule has 2 aromatic rings. The highest BCUT2D eigenvalue weighted by molar-refractivity contribution is 9.10. The topological polar surface area (TPSA) is 9.23 Å². The molecule has 1 nitrogen and oxygen atoms in total. The van der Waals surface area contributed by atoms with E-state index in [-0.39, 0.29) is 16.1 Å². The molecule has 0 bridgehead atoms. The second-order valence-corrected chi connectivity index (χ2v) is 4.82. The minimum absolute atomic E-state index is 0.00375. The lowest BCUT2D eigenvalue weighted by Gasteiger charge is -2.09. The number of halogens is 5. The molecule has 6 heteroatoms. The second kappa shape index (κ2) is 5.84. The molecule has 0 radical (unpaired) electrons. The Morgan fingerprint density at radius 3 is 2.16 bits per heavy atom. The van der Waals surface area contributed by atoms with Gasteiger partial charge in [-0.25, -0.2) is 13.2 Å². The molecule has 0 unspecified atom stereocenters. The molecule has 0 saturated carbocycles. The predicted octanol–water partition coefficient (Wildman–Crippen LogP) is 5.40. The van der Waals surface area contributed by atoms with Crippen molar-refractivity contribution in [3.63, 3.8) is 0 Å². The molecule has 0 fully saturated rings. The zero-order valence-electron chi connectivity index (χ0n) is 9.39. The summed E-state index contributed by atoms with van der Waals surface area (Å²) in [5.41, 5.74) is 0.310. The maximum atomic E-state index is 13.7. The number of ether oxygens (including phenoxy) is 1. The average molecular weight is 352 g/mol. The maximum Gasteiger partial charge on any atom is 0.198 e. The molecule has 2 rings (SSSR count). The highest BCUT2D eigenvalue weighted by atomic mass is 79.9. The molecule has 0 aromatic heterocycles. The van der Waals surface area contributed by atoms with Crippen LogP contribution < -0.4 is 4.74 Å². The summed E-state index contributed by atoms with van der Waals surface area (Å²) < 4.78 is 45.6. The van der Waals surface area contributed by atoms with Crippen molar-refractivity contribution in [2.24, 2.45) is 0 Å². The second-order valence-electron chi connectivity index (χ2n) is 3.70. The van der Waals surface area contributed by atoms with Gasteiger partial charge in [0, 0.05) is 5.88 Å². The number of hydrogen-bond acceptors (Lipinski definition) is 1. The number of rotatable bonds is 3. The van der Waals surface area contributed by atoms with Gasteiger partial charge in [0.1, 0.15) is 11.6 Å². The van der Waals surface area contributed by atoms with Crippen molar-refractivity contribution in [3.05, 3.63) is 57.8 Å². The first-order chi connectivity index (χ1) is 9.01. The Balaban J connectivity index is 2.35. The molecule has 2 aromatic carbocycles. The summed E-state index contributed by atoms with van der Waals surface area (Å²) in [7, 11) is 0. The Hall–Kier alpha value is -1.20. The summed E-state index contributed by atoms with van der Waals surface area (Å²) in [6.07, 6.45) is 0. The fraction of sp³-hybridized carbons (Fsp3) is 0.0769. The lowest BCUT2D eigenvalue weighted by molar-refractivity contribution is 0.406. The molecule has 0 N–H and O–H groups in total. The van der Waals surface area contributed by atoms with E-state index in [2.05, 4.69) is 15.9 Å². The van der Waals surface area contributed by atoms with Crippen LogP contribution in [0.5, 0.6) is 11.5 Å². The SMILES string of the molecule is Fc1ccc(Oc2c(F)cc(CCl)cc2F)cc1Br. The van der Waals surface area contributed by atoms with Gasteiger partial charge in [-0.1, -0.05) is 0 Å². The van der Waals surface area contributed by atoms with Gasteiger partial charge in [-0.3, -0.25) is 0 Å². The smallest absolute Gasteiger partial charge is 0.198 e. The molecule has 0 aliphatic carbocycles. The summed E-state index contributed by atoms with van der Waals surface area (Å²) >= 11 is 8.46. The van der Waals surface area contributed by atoms with Crippen molar-refractivity contribution in [2.75, 3.05) is 0 Å². The first-order valence-corrected chi connectivity index (χ1v) is 6.51. The summed E-state index contributed by atoms with van der Waals surface area (Å²) in [6, 6.07) is 5.86. The lowest BCUT2D eigenvalue weighted by Crippen LogP contribution is -1.95. The quantitative estimate of drug-likeness (QED) is 0.673. The van der Waals surface area contributed by atoms with Crippen LogP contribution in [0.2, 0.25) is 0 Å². The van der Waals surface area contributed by atoms with E-state index in [1.165, 1.54) is 12.1 Å². The van der Waals surface area contributed by atoms with Crippen LogP contribution in [0.3, 0.4) is 0 Å².